The van der Waals surface area contributed by atoms with E-state index < -0.39 is 22.0 Å². The lowest BCUT2D eigenvalue weighted by molar-refractivity contribution is 0.0979. The summed E-state index contributed by atoms with van der Waals surface area (Å²) in [6.45, 7) is 5.40. The lowest BCUT2D eigenvalue weighted by Crippen LogP contribution is -2.29. The summed E-state index contributed by atoms with van der Waals surface area (Å²) >= 11 is 7.47. The fourth-order valence-electron chi connectivity index (χ4n) is 3.52. The Balaban J connectivity index is 0.00000507. The maximum Gasteiger partial charge on any atom is 0.265 e. The van der Waals surface area contributed by atoms with Crippen LogP contribution in [-0.4, -0.2) is 50.6 Å². The molecular formula is C27H32Cl2N2O5S2. The third kappa shape index (κ3) is 10.1. The largest absolute Gasteiger partial charge is 0.492 e. The molecule has 0 aliphatic rings. The molecule has 11 heteroatoms. The number of ether oxygens (including phenoxy) is 1. The average Bonchev–Trinajstić information content (AvgIpc) is 2.82. The Labute approximate surface area is 239 Å². The zero-order valence-electron chi connectivity index (χ0n) is 21.3. The number of halogens is 2. The van der Waals surface area contributed by atoms with Crippen LogP contribution in [0.2, 0.25) is 5.02 Å². The van der Waals surface area contributed by atoms with E-state index in [1.165, 1.54) is 11.8 Å². The second kappa shape index (κ2) is 14.8. The fraction of sp³-hybridized carbons (Fsp3) is 0.296. The number of rotatable bonds is 12. The van der Waals surface area contributed by atoms with Crippen LogP contribution in [0, 0.1) is 0 Å². The first-order valence-electron chi connectivity index (χ1n) is 11.7. The van der Waals surface area contributed by atoms with Gasteiger partial charge in [0, 0.05) is 28.3 Å². The van der Waals surface area contributed by atoms with Gasteiger partial charge in [-0.2, -0.15) is 0 Å². The maximum absolute atomic E-state index is 12.5. The molecule has 0 aliphatic carbocycles. The minimum atomic E-state index is -3.66. The summed E-state index contributed by atoms with van der Waals surface area (Å²) in [6, 6.07) is 20.1. The number of sulfonamides is 1. The third-order valence-electron chi connectivity index (χ3n) is 5.17. The Bertz CT molecular complexity index is 1320. The predicted octanol–water partition coefficient (Wildman–Crippen LogP) is 5.32. The lowest BCUT2D eigenvalue weighted by Gasteiger charge is -2.14. The molecule has 0 heterocycles. The van der Waals surface area contributed by atoms with Crippen LogP contribution in [0.25, 0.3) is 11.1 Å². The SMILES string of the molecule is CC(C)Sc1cc(-c2ccc(OCCNC[C@@H](O)c3cccc(Cl)c3)cc2)ccc1C(=O)NS(C)(=O)=O.Cl. The standard InChI is InChI=1S/C27H31ClN2O5S2.ClH/c1-18(2)36-26-16-20(9-12-24(26)27(32)30-37(3,33)34)19-7-10-23(11-8-19)35-14-13-29-17-25(31)21-5-4-6-22(28)15-21;/h4-12,15-16,18,25,29,31H,13-14,17H2,1-3H3,(H,30,32);1H/t25-;/m1./s1. The molecule has 1 atom stereocenters. The third-order valence-corrected chi connectivity index (χ3v) is 7.03. The molecular weight excluding hydrogens is 567 g/mol. The van der Waals surface area contributed by atoms with E-state index in [1.807, 2.05) is 61.0 Å². The van der Waals surface area contributed by atoms with E-state index in [-0.39, 0.29) is 17.7 Å². The molecule has 38 heavy (non-hydrogen) atoms. The molecule has 0 saturated carbocycles. The predicted molar refractivity (Wildman–Crippen MR) is 157 cm³/mol. The zero-order valence-corrected chi connectivity index (χ0v) is 24.5. The summed E-state index contributed by atoms with van der Waals surface area (Å²) in [5.41, 5.74) is 2.93. The maximum atomic E-state index is 12.5. The Morgan fingerprint density at radius 2 is 1.74 bits per heavy atom. The molecule has 0 unspecified atom stereocenters. The molecule has 3 aromatic rings. The van der Waals surface area contributed by atoms with Crippen molar-refractivity contribution >= 4 is 51.7 Å². The van der Waals surface area contributed by atoms with Crippen LogP contribution in [0.15, 0.2) is 71.6 Å². The van der Waals surface area contributed by atoms with Gasteiger partial charge in [-0.25, -0.2) is 13.1 Å². The molecule has 0 aliphatic heterocycles. The van der Waals surface area contributed by atoms with Gasteiger partial charge in [0.25, 0.3) is 5.91 Å². The van der Waals surface area contributed by atoms with Crippen molar-refractivity contribution in [1.29, 1.82) is 0 Å². The lowest BCUT2D eigenvalue weighted by atomic mass is 10.0. The average molecular weight is 600 g/mol. The van der Waals surface area contributed by atoms with Gasteiger partial charge in [0.15, 0.2) is 0 Å². The Hall–Kier alpha value is -2.27. The van der Waals surface area contributed by atoms with Crippen molar-refractivity contribution in [2.24, 2.45) is 0 Å². The van der Waals surface area contributed by atoms with Gasteiger partial charge in [-0.1, -0.05) is 55.8 Å². The number of hydrogen-bond donors (Lipinski definition) is 3. The molecule has 3 aromatic carbocycles. The van der Waals surface area contributed by atoms with Crippen LogP contribution in [0.3, 0.4) is 0 Å². The second-order valence-electron chi connectivity index (χ2n) is 8.73. The summed E-state index contributed by atoms with van der Waals surface area (Å²) in [7, 11) is -3.66. The van der Waals surface area contributed by atoms with Crippen LogP contribution in [0.4, 0.5) is 0 Å². The van der Waals surface area contributed by atoms with Gasteiger partial charge in [-0.15, -0.1) is 24.2 Å². The van der Waals surface area contributed by atoms with E-state index in [1.54, 1.807) is 24.3 Å². The van der Waals surface area contributed by atoms with Gasteiger partial charge in [0.2, 0.25) is 10.0 Å². The van der Waals surface area contributed by atoms with Gasteiger partial charge in [-0.05, 0) is 53.1 Å². The number of aliphatic hydroxyl groups excluding tert-OH is 1. The molecule has 0 aromatic heterocycles. The summed E-state index contributed by atoms with van der Waals surface area (Å²) in [6.07, 6.45) is 0.305. The number of thioether (sulfide) groups is 1. The van der Waals surface area contributed by atoms with Gasteiger partial charge in [0.05, 0.1) is 17.9 Å². The molecule has 3 rings (SSSR count). The molecule has 7 nitrogen and oxygen atoms in total. The molecule has 0 saturated heterocycles. The van der Waals surface area contributed by atoms with E-state index in [4.69, 9.17) is 16.3 Å². The number of carbonyl (C=O) groups is 1. The number of aliphatic hydroxyl groups is 1. The zero-order chi connectivity index (χ0) is 27.0. The molecule has 0 fully saturated rings. The first kappa shape index (κ1) is 31.9. The van der Waals surface area contributed by atoms with Crippen molar-refractivity contribution < 1.29 is 23.1 Å². The monoisotopic (exact) mass is 598 g/mol. The molecule has 206 valence electrons. The number of benzene rings is 3. The molecule has 0 radical (unpaired) electrons. The molecule has 3 N–H and O–H groups in total. The van der Waals surface area contributed by atoms with E-state index in [9.17, 15) is 18.3 Å². The highest BCUT2D eigenvalue weighted by molar-refractivity contribution is 8.00. The normalized spacial score (nSPS) is 12.1. The highest BCUT2D eigenvalue weighted by Gasteiger charge is 2.17. The molecule has 0 bridgehead atoms. The minimum absolute atomic E-state index is 0. The number of carbonyl (C=O) groups excluding carboxylic acids is 1. The van der Waals surface area contributed by atoms with Crippen LogP contribution < -0.4 is 14.8 Å². The van der Waals surface area contributed by atoms with Gasteiger partial charge < -0.3 is 15.2 Å². The van der Waals surface area contributed by atoms with E-state index in [2.05, 4.69) is 5.32 Å². The number of hydrogen-bond acceptors (Lipinski definition) is 7. The van der Waals surface area contributed by atoms with Crippen molar-refractivity contribution in [2.75, 3.05) is 26.0 Å². The highest BCUT2D eigenvalue weighted by atomic mass is 35.5. The Morgan fingerprint density at radius 1 is 1.05 bits per heavy atom. The van der Waals surface area contributed by atoms with Crippen molar-refractivity contribution in [1.82, 2.24) is 10.0 Å². The van der Waals surface area contributed by atoms with Crippen LogP contribution in [0.1, 0.15) is 35.9 Å². The Kier molecular flexibility index (Phi) is 12.4. The highest BCUT2D eigenvalue weighted by Crippen LogP contribution is 2.32. The number of nitrogens with one attached hydrogen (secondary N) is 2. The summed E-state index contributed by atoms with van der Waals surface area (Å²) in [5.74, 6) is 0.0662. The summed E-state index contributed by atoms with van der Waals surface area (Å²) in [5, 5.41) is 14.2. The number of amides is 1. The van der Waals surface area contributed by atoms with Crippen molar-refractivity contribution in [3.05, 3.63) is 82.9 Å². The quantitative estimate of drug-likeness (QED) is 0.191. The van der Waals surface area contributed by atoms with Crippen molar-refractivity contribution in [3.63, 3.8) is 0 Å². The van der Waals surface area contributed by atoms with Crippen LogP contribution in [0.5, 0.6) is 5.75 Å². The van der Waals surface area contributed by atoms with Gasteiger partial charge in [0.1, 0.15) is 12.4 Å². The Morgan fingerprint density at radius 3 is 2.37 bits per heavy atom. The summed E-state index contributed by atoms with van der Waals surface area (Å²) in [4.78, 5) is 13.2. The first-order chi connectivity index (χ1) is 17.5. The van der Waals surface area contributed by atoms with Crippen LogP contribution >= 0.6 is 35.8 Å². The molecule has 0 spiro atoms. The van der Waals surface area contributed by atoms with E-state index in [0.717, 1.165) is 22.9 Å². The fourth-order valence-corrected chi connectivity index (χ4v) is 5.16. The minimum Gasteiger partial charge on any atom is -0.492 e. The second-order valence-corrected chi connectivity index (χ2v) is 12.5. The van der Waals surface area contributed by atoms with Crippen molar-refractivity contribution in [2.45, 2.75) is 30.1 Å². The van der Waals surface area contributed by atoms with E-state index >= 15 is 0 Å². The van der Waals surface area contributed by atoms with E-state index in [0.29, 0.717) is 40.9 Å². The molecule has 1 amide bonds. The van der Waals surface area contributed by atoms with Crippen molar-refractivity contribution in [3.8, 4) is 16.9 Å². The van der Waals surface area contributed by atoms with Gasteiger partial charge >= 0.3 is 0 Å². The first-order valence-corrected chi connectivity index (χ1v) is 14.9. The topological polar surface area (TPSA) is 105 Å². The van der Waals surface area contributed by atoms with Gasteiger partial charge in [-0.3, -0.25) is 4.79 Å². The van der Waals surface area contributed by atoms with Crippen LogP contribution in [-0.2, 0) is 10.0 Å². The summed E-state index contributed by atoms with van der Waals surface area (Å²) < 4.78 is 30.9. The smallest absolute Gasteiger partial charge is 0.265 e.